The molecule has 0 bridgehead atoms. The van der Waals surface area contributed by atoms with Crippen molar-refractivity contribution in [3.8, 4) is 0 Å². The number of aliphatic hydroxyl groups is 1. The molecule has 9 heteroatoms. The van der Waals surface area contributed by atoms with E-state index in [1.165, 1.54) is 26.2 Å². The van der Waals surface area contributed by atoms with Gasteiger partial charge in [0.05, 0.1) is 11.7 Å². The van der Waals surface area contributed by atoms with E-state index in [-0.39, 0.29) is 10.8 Å². The minimum Gasteiger partial charge on any atom is -0.382 e. The molecule has 0 aliphatic rings. The van der Waals surface area contributed by atoms with Crippen molar-refractivity contribution in [3.05, 3.63) is 23.5 Å². The average molecular weight is 326 g/mol. The van der Waals surface area contributed by atoms with Crippen molar-refractivity contribution in [2.45, 2.75) is 25.2 Å². The molecule has 2 atom stereocenters. The maximum Gasteiger partial charge on any atom is 0.415 e. The molecule has 0 spiro atoms. The molecule has 0 aromatic carbocycles. The fourth-order valence-electron chi connectivity index (χ4n) is 1.45. The summed E-state index contributed by atoms with van der Waals surface area (Å²) >= 11 is 5.77. The summed E-state index contributed by atoms with van der Waals surface area (Å²) in [7, 11) is 1.31. The fourth-order valence-corrected chi connectivity index (χ4v) is 1.62. The summed E-state index contributed by atoms with van der Waals surface area (Å²) in [6, 6.07) is 2.19. The largest absolute Gasteiger partial charge is 0.415 e. The number of carbonyl (C=O) groups excluding carboxylic acids is 1. The van der Waals surface area contributed by atoms with Gasteiger partial charge in [-0.25, -0.2) is 4.98 Å². The molecule has 2 N–H and O–H groups in total. The van der Waals surface area contributed by atoms with Gasteiger partial charge in [-0.3, -0.25) is 9.69 Å². The van der Waals surface area contributed by atoms with Crippen LogP contribution in [-0.2, 0) is 4.79 Å². The van der Waals surface area contributed by atoms with Crippen LogP contribution >= 0.6 is 11.6 Å². The van der Waals surface area contributed by atoms with Crippen LogP contribution in [0.3, 0.4) is 0 Å². The van der Waals surface area contributed by atoms with Gasteiger partial charge < -0.3 is 10.4 Å². The number of rotatable bonds is 5. The Kier molecular flexibility index (Phi) is 5.94. The van der Waals surface area contributed by atoms with Gasteiger partial charge in [-0.2, -0.15) is 13.2 Å². The normalized spacial score (nSPS) is 14.9. The Morgan fingerprint density at radius 2 is 2.19 bits per heavy atom. The van der Waals surface area contributed by atoms with Gasteiger partial charge in [-0.15, -0.1) is 0 Å². The lowest BCUT2D eigenvalue weighted by Crippen LogP contribution is -2.46. The zero-order chi connectivity index (χ0) is 16.2. The lowest BCUT2D eigenvalue weighted by Gasteiger charge is -2.27. The summed E-state index contributed by atoms with van der Waals surface area (Å²) in [6.07, 6.45) is -5.80. The second-order valence-electron chi connectivity index (χ2n) is 4.50. The number of halogens is 4. The molecule has 1 aromatic heterocycles. The first kappa shape index (κ1) is 17.7. The van der Waals surface area contributed by atoms with Gasteiger partial charge in [0.1, 0.15) is 0 Å². The van der Waals surface area contributed by atoms with E-state index in [0.29, 0.717) is 0 Å². The fraction of sp³-hybridized carbons (Fsp3) is 0.500. The highest BCUT2D eigenvalue weighted by Gasteiger charge is 2.39. The van der Waals surface area contributed by atoms with Crippen molar-refractivity contribution < 1.29 is 23.1 Å². The molecular weight excluding hydrogens is 311 g/mol. The second kappa shape index (κ2) is 7.06. The Morgan fingerprint density at radius 3 is 2.71 bits per heavy atom. The standard InChI is InChI=1S/C12H15ClF3N3O2/c1-7(19(2)6-9(20)12(14,15)16)11(21)18-8-4-3-5-17-10(8)13/h3-5,7,9,20H,6H2,1-2H3,(H,18,21). The monoisotopic (exact) mass is 325 g/mol. The lowest BCUT2D eigenvalue weighted by atomic mass is 10.2. The molecule has 0 saturated heterocycles. The third-order valence-electron chi connectivity index (χ3n) is 2.90. The Labute approximate surface area is 124 Å². The third kappa shape index (κ3) is 5.14. The molecule has 0 aliphatic heterocycles. The summed E-state index contributed by atoms with van der Waals surface area (Å²) < 4.78 is 36.8. The quantitative estimate of drug-likeness (QED) is 0.812. The first-order valence-corrected chi connectivity index (χ1v) is 6.37. The predicted molar refractivity (Wildman–Crippen MR) is 72.0 cm³/mol. The van der Waals surface area contributed by atoms with Gasteiger partial charge >= 0.3 is 6.18 Å². The van der Waals surface area contributed by atoms with Gasteiger partial charge in [-0.05, 0) is 26.1 Å². The number of nitrogens with zero attached hydrogens (tertiary/aromatic N) is 2. The smallest absolute Gasteiger partial charge is 0.382 e. The SMILES string of the molecule is CC(C(=O)Nc1cccnc1Cl)N(C)CC(O)C(F)(F)F. The van der Waals surface area contributed by atoms with Crippen LogP contribution in [-0.4, -0.2) is 52.8 Å². The van der Waals surface area contributed by atoms with Crippen LogP contribution in [0.2, 0.25) is 5.15 Å². The van der Waals surface area contributed by atoms with Crippen LogP contribution in [0, 0.1) is 0 Å². The lowest BCUT2D eigenvalue weighted by molar-refractivity contribution is -0.208. The maximum atomic E-state index is 12.3. The number of aliphatic hydroxyl groups excluding tert-OH is 1. The first-order valence-electron chi connectivity index (χ1n) is 5.99. The van der Waals surface area contributed by atoms with E-state index in [2.05, 4.69) is 10.3 Å². The van der Waals surface area contributed by atoms with Crippen molar-refractivity contribution >= 4 is 23.2 Å². The summed E-state index contributed by atoms with van der Waals surface area (Å²) in [6.45, 7) is 0.710. The maximum absolute atomic E-state index is 12.3. The molecule has 118 valence electrons. The van der Waals surface area contributed by atoms with Gasteiger partial charge in [-0.1, -0.05) is 11.6 Å². The second-order valence-corrected chi connectivity index (χ2v) is 4.86. The van der Waals surface area contributed by atoms with Crippen LogP contribution < -0.4 is 5.32 Å². The topological polar surface area (TPSA) is 65.5 Å². The van der Waals surface area contributed by atoms with Crippen LogP contribution in [0.4, 0.5) is 18.9 Å². The zero-order valence-electron chi connectivity index (χ0n) is 11.4. The molecule has 1 rings (SSSR count). The molecule has 1 aromatic rings. The van der Waals surface area contributed by atoms with Crippen molar-refractivity contribution in [2.24, 2.45) is 0 Å². The highest BCUT2D eigenvalue weighted by atomic mass is 35.5. The molecule has 0 saturated carbocycles. The summed E-state index contributed by atoms with van der Waals surface area (Å²) in [4.78, 5) is 16.8. The number of pyridine rings is 1. The molecule has 2 unspecified atom stereocenters. The zero-order valence-corrected chi connectivity index (χ0v) is 12.1. The predicted octanol–water partition coefficient (Wildman–Crippen LogP) is 1.92. The summed E-state index contributed by atoms with van der Waals surface area (Å²) in [5.74, 6) is -0.554. The molecule has 21 heavy (non-hydrogen) atoms. The first-order chi connectivity index (χ1) is 9.62. The molecule has 5 nitrogen and oxygen atoms in total. The number of amides is 1. The number of hydrogen-bond acceptors (Lipinski definition) is 4. The number of carbonyl (C=O) groups is 1. The minimum absolute atomic E-state index is 0.0797. The van der Waals surface area contributed by atoms with Crippen molar-refractivity contribution in [3.63, 3.8) is 0 Å². The van der Waals surface area contributed by atoms with Crippen LogP contribution in [0.25, 0.3) is 0 Å². The molecule has 0 radical (unpaired) electrons. The van der Waals surface area contributed by atoms with E-state index >= 15 is 0 Å². The van der Waals surface area contributed by atoms with Crippen LogP contribution in [0.15, 0.2) is 18.3 Å². The van der Waals surface area contributed by atoms with E-state index in [9.17, 15) is 18.0 Å². The van der Waals surface area contributed by atoms with E-state index < -0.39 is 30.8 Å². The van der Waals surface area contributed by atoms with Crippen LogP contribution in [0.1, 0.15) is 6.92 Å². The summed E-state index contributed by atoms with van der Waals surface area (Å²) in [5.41, 5.74) is 0.265. The van der Waals surface area contributed by atoms with E-state index in [1.807, 2.05) is 0 Å². The minimum atomic E-state index is -4.73. The Hall–Kier alpha value is -1.38. The Bertz CT molecular complexity index is 499. The van der Waals surface area contributed by atoms with Crippen molar-refractivity contribution in [1.82, 2.24) is 9.88 Å². The molecular formula is C12H15ClF3N3O2. The number of aromatic nitrogens is 1. The third-order valence-corrected chi connectivity index (χ3v) is 3.20. The number of nitrogens with one attached hydrogen (secondary N) is 1. The van der Waals surface area contributed by atoms with E-state index in [0.717, 1.165) is 4.90 Å². The average Bonchev–Trinajstić information content (AvgIpc) is 2.39. The number of hydrogen-bond donors (Lipinski definition) is 2. The number of anilines is 1. The van der Waals surface area contributed by atoms with E-state index in [1.54, 1.807) is 6.07 Å². The van der Waals surface area contributed by atoms with Crippen molar-refractivity contribution in [2.75, 3.05) is 18.9 Å². The van der Waals surface area contributed by atoms with E-state index in [4.69, 9.17) is 16.7 Å². The van der Waals surface area contributed by atoms with Crippen LogP contribution in [0.5, 0.6) is 0 Å². The molecule has 1 heterocycles. The summed E-state index contributed by atoms with van der Waals surface area (Å²) in [5, 5.41) is 11.5. The van der Waals surface area contributed by atoms with Crippen molar-refractivity contribution in [1.29, 1.82) is 0 Å². The molecule has 0 aliphatic carbocycles. The van der Waals surface area contributed by atoms with Gasteiger partial charge in [0.15, 0.2) is 11.3 Å². The highest BCUT2D eigenvalue weighted by molar-refractivity contribution is 6.32. The van der Waals surface area contributed by atoms with Gasteiger partial charge in [0.2, 0.25) is 5.91 Å². The number of alkyl halides is 3. The van der Waals surface area contributed by atoms with Gasteiger partial charge in [0.25, 0.3) is 0 Å². The Morgan fingerprint density at radius 1 is 1.57 bits per heavy atom. The Balaban J connectivity index is 2.64. The molecule has 0 fully saturated rings. The van der Waals surface area contributed by atoms with Gasteiger partial charge in [0, 0.05) is 12.7 Å². The number of likely N-dealkylation sites (N-methyl/N-ethyl adjacent to an activating group) is 1. The molecule has 1 amide bonds. The highest BCUT2D eigenvalue weighted by Crippen LogP contribution is 2.21.